The first-order valence-corrected chi connectivity index (χ1v) is 8.56. The first-order chi connectivity index (χ1) is 10.8. The van der Waals surface area contributed by atoms with Gasteiger partial charge in [0.15, 0.2) is 5.69 Å². The molecule has 0 unspecified atom stereocenters. The normalized spacial score (nSPS) is 10.6. The van der Waals surface area contributed by atoms with Crippen LogP contribution < -0.4 is 0 Å². The number of aromatic nitrogens is 3. The highest BCUT2D eigenvalue weighted by Gasteiger charge is 2.19. The molecule has 0 aliphatic rings. The minimum Gasteiger partial charge on any atom is -0.461 e. The van der Waals surface area contributed by atoms with E-state index in [0.717, 1.165) is 11.3 Å². The Morgan fingerprint density at radius 2 is 2.14 bits per heavy atom. The molecule has 0 radical (unpaired) electrons. The van der Waals surface area contributed by atoms with Gasteiger partial charge in [0.1, 0.15) is 5.69 Å². The van der Waals surface area contributed by atoms with E-state index in [1.54, 1.807) is 6.92 Å². The van der Waals surface area contributed by atoms with Gasteiger partial charge >= 0.3 is 5.97 Å². The van der Waals surface area contributed by atoms with E-state index in [9.17, 15) is 4.79 Å². The molecular weight excluding hydrogens is 298 g/mol. The molecule has 0 fully saturated rings. The van der Waals surface area contributed by atoms with E-state index in [1.165, 1.54) is 24.2 Å². The van der Waals surface area contributed by atoms with Gasteiger partial charge in [0.2, 0.25) is 0 Å². The third-order valence-electron chi connectivity index (χ3n) is 3.14. The Hall–Kier alpha value is -1.82. The standard InChI is InChI=1S/C16H21N3O2S/c1-3-5-6-10-22-13-9-7-8-12(11-13)14-15(18-19-17-14)16(20)21-4-2/h7-9,11H,3-6,10H2,1-2H3,(H,17,18,19). The lowest BCUT2D eigenvalue weighted by Gasteiger charge is -2.05. The van der Waals surface area contributed by atoms with E-state index in [4.69, 9.17) is 4.74 Å². The zero-order valence-corrected chi connectivity index (χ0v) is 13.8. The summed E-state index contributed by atoms with van der Waals surface area (Å²) < 4.78 is 5.00. The lowest BCUT2D eigenvalue weighted by atomic mass is 10.1. The minimum atomic E-state index is -0.452. The molecule has 0 spiro atoms. The number of carbonyl (C=O) groups is 1. The smallest absolute Gasteiger partial charge is 0.361 e. The summed E-state index contributed by atoms with van der Waals surface area (Å²) in [4.78, 5) is 13.1. The maximum Gasteiger partial charge on any atom is 0.361 e. The van der Waals surface area contributed by atoms with Crippen LogP contribution in [0.1, 0.15) is 43.6 Å². The summed E-state index contributed by atoms with van der Waals surface area (Å²) in [6.45, 7) is 4.29. The van der Waals surface area contributed by atoms with Crippen LogP contribution in [-0.4, -0.2) is 33.7 Å². The second kappa shape index (κ2) is 8.58. The fourth-order valence-electron chi connectivity index (χ4n) is 2.05. The van der Waals surface area contributed by atoms with Crippen LogP contribution in [0.4, 0.5) is 0 Å². The van der Waals surface area contributed by atoms with Crippen LogP contribution in [0.2, 0.25) is 0 Å². The molecule has 0 atom stereocenters. The molecule has 1 aromatic carbocycles. The topological polar surface area (TPSA) is 67.9 Å². The highest BCUT2D eigenvalue weighted by molar-refractivity contribution is 7.99. The number of esters is 1. The van der Waals surface area contributed by atoms with Crippen molar-refractivity contribution in [3.63, 3.8) is 0 Å². The van der Waals surface area contributed by atoms with Gasteiger partial charge in [0.25, 0.3) is 0 Å². The molecule has 0 bridgehead atoms. The molecule has 0 saturated heterocycles. The number of nitrogens with zero attached hydrogens (tertiary/aromatic N) is 2. The fraction of sp³-hybridized carbons (Fsp3) is 0.438. The van der Waals surface area contributed by atoms with E-state index >= 15 is 0 Å². The number of ether oxygens (including phenoxy) is 1. The third kappa shape index (κ3) is 4.34. The Morgan fingerprint density at radius 3 is 2.91 bits per heavy atom. The van der Waals surface area contributed by atoms with Gasteiger partial charge in [-0.1, -0.05) is 31.9 Å². The Bertz CT molecular complexity index is 613. The Kier molecular flexibility index (Phi) is 6.45. The molecule has 22 heavy (non-hydrogen) atoms. The Balaban J connectivity index is 2.13. The van der Waals surface area contributed by atoms with Gasteiger partial charge in [0.05, 0.1) is 6.61 Å². The van der Waals surface area contributed by atoms with Crippen molar-refractivity contribution in [1.82, 2.24) is 15.4 Å². The third-order valence-corrected chi connectivity index (χ3v) is 4.22. The average Bonchev–Trinajstić information content (AvgIpc) is 3.02. The molecular formula is C16H21N3O2S. The summed E-state index contributed by atoms with van der Waals surface area (Å²) in [5, 5.41) is 10.5. The molecule has 118 valence electrons. The van der Waals surface area contributed by atoms with Crippen molar-refractivity contribution in [2.75, 3.05) is 12.4 Å². The number of hydrogen-bond donors (Lipinski definition) is 1. The van der Waals surface area contributed by atoms with Crippen molar-refractivity contribution in [2.45, 2.75) is 38.0 Å². The molecule has 0 aliphatic carbocycles. The van der Waals surface area contributed by atoms with Gasteiger partial charge in [-0.05, 0) is 31.2 Å². The van der Waals surface area contributed by atoms with Crippen LogP contribution >= 0.6 is 11.8 Å². The van der Waals surface area contributed by atoms with Crippen LogP contribution in [-0.2, 0) is 4.74 Å². The summed E-state index contributed by atoms with van der Waals surface area (Å²) in [7, 11) is 0. The molecule has 1 N–H and O–H groups in total. The zero-order chi connectivity index (χ0) is 15.8. The van der Waals surface area contributed by atoms with E-state index in [1.807, 2.05) is 30.0 Å². The summed E-state index contributed by atoms with van der Waals surface area (Å²) in [5.41, 5.74) is 1.64. The first kappa shape index (κ1) is 16.5. The molecule has 1 heterocycles. The second-order valence-corrected chi connectivity index (χ2v) is 5.99. The lowest BCUT2D eigenvalue weighted by Crippen LogP contribution is -2.06. The second-order valence-electron chi connectivity index (χ2n) is 4.82. The van der Waals surface area contributed by atoms with Gasteiger partial charge in [-0.25, -0.2) is 4.79 Å². The number of carbonyl (C=O) groups excluding carboxylic acids is 1. The van der Waals surface area contributed by atoms with Crippen LogP contribution in [0, 0.1) is 0 Å². The first-order valence-electron chi connectivity index (χ1n) is 7.57. The lowest BCUT2D eigenvalue weighted by molar-refractivity contribution is 0.0520. The van der Waals surface area contributed by atoms with E-state index in [2.05, 4.69) is 28.4 Å². The highest BCUT2D eigenvalue weighted by atomic mass is 32.2. The maximum absolute atomic E-state index is 11.9. The monoisotopic (exact) mass is 319 g/mol. The number of hydrogen-bond acceptors (Lipinski definition) is 5. The quantitative estimate of drug-likeness (QED) is 0.453. The van der Waals surface area contributed by atoms with Crippen molar-refractivity contribution in [3.8, 4) is 11.3 Å². The Labute approximate surface area is 134 Å². The summed E-state index contributed by atoms with van der Waals surface area (Å²) in [5.74, 6) is 0.646. The summed E-state index contributed by atoms with van der Waals surface area (Å²) in [6.07, 6.45) is 3.69. The minimum absolute atomic E-state index is 0.231. The predicted octanol–water partition coefficient (Wildman–Crippen LogP) is 3.93. The van der Waals surface area contributed by atoms with Gasteiger partial charge in [-0.2, -0.15) is 10.3 Å². The highest BCUT2D eigenvalue weighted by Crippen LogP contribution is 2.27. The van der Waals surface area contributed by atoms with Crippen LogP contribution in [0.15, 0.2) is 29.2 Å². The SMILES string of the molecule is CCCCCSc1cccc(-c2n[nH]nc2C(=O)OCC)c1. The predicted molar refractivity (Wildman–Crippen MR) is 88.0 cm³/mol. The van der Waals surface area contributed by atoms with Crippen molar-refractivity contribution < 1.29 is 9.53 Å². The maximum atomic E-state index is 11.9. The molecule has 0 amide bonds. The number of rotatable bonds is 8. The van der Waals surface area contributed by atoms with E-state index in [0.29, 0.717) is 12.3 Å². The van der Waals surface area contributed by atoms with Gasteiger partial charge in [-0.3, -0.25) is 0 Å². The van der Waals surface area contributed by atoms with Gasteiger partial charge in [0, 0.05) is 10.5 Å². The number of H-pyrrole nitrogens is 1. The van der Waals surface area contributed by atoms with Crippen LogP contribution in [0.25, 0.3) is 11.3 Å². The fourth-order valence-corrected chi connectivity index (χ4v) is 3.02. The van der Waals surface area contributed by atoms with Crippen molar-refractivity contribution >= 4 is 17.7 Å². The van der Waals surface area contributed by atoms with Crippen molar-refractivity contribution in [2.24, 2.45) is 0 Å². The summed E-state index contributed by atoms with van der Waals surface area (Å²) in [6, 6.07) is 8.01. The van der Waals surface area contributed by atoms with Gasteiger partial charge < -0.3 is 4.74 Å². The largest absolute Gasteiger partial charge is 0.461 e. The zero-order valence-electron chi connectivity index (χ0n) is 13.0. The van der Waals surface area contributed by atoms with Crippen LogP contribution in [0.5, 0.6) is 0 Å². The molecule has 0 saturated carbocycles. The number of unbranched alkanes of at least 4 members (excludes halogenated alkanes) is 2. The van der Waals surface area contributed by atoms with E-state index < -0.39 is 5.97 Å². The number of thioether (sulfide) groups is 1. The number of aromatic amines is 1. The average molecular weight is 319 g/mol. The molecule has 0 aliphatic heterocycles. The summed E-state index contributed by atoms with van der Waals surface area (Å²) >= 11 is 1.82. The molecule has 2 aromatic rings. The van der Waals surface area contributed by atoms with E-state index in [-0.39, 0.29) is 5.69 Å². The van der Waals surface area contributed by atoms with Crippen LogP contribution in [0.3, 0.4) is 0 Å². The Morgan fingerprint density at radius 1 is 1.27 bits per heavy atom. The van der Waals surface area contributed by atoms with Crippen molar-refractivity contribution in [3.05, 3.63) is 30.0 Å². The molecule has 1 aromatic heterocycles. The van der Waals surface area contributed by atoms with Crippen molar-refractivity contribution in [1.29, 1.82) is 0 Å². The molecule has 2 rings (SSSR count). The van der Waals surface area contributed by atoms with Gasteiger partial charge in [-0.15, -0.1) is 16.9 Å². The molecule has 5 nitrogen and oxygen atoms in total. The number of benzene rings is 1. The molecule has 6 heteroatoms. The number of nitrogens with one attached hydrogen (secondary N) is 1.